The molecule has 0 aliphatic carbocycles. The molecule has 2 aromatic rings. The second kappa shape index (κ2) is 6.21. The average molecular weight is 295 g/mol. The molecule has 0 bridgehead atoms. The molecule has 7 heteroatoms. The Morgan fingerprint density at radius 3 is 2.90 bits per heavy atom. The number of benzene rings is 1. The summed E-state index contributed by atoms with van der Waals surface area (Å²) in [5, 5.41) is 11.0. The highest BCUT2D eigenvalue weighted by Crippen LogP contribution is 2.30. The van der Waals surface area contributed by atoms with Crippen molar-refractivity contribution >= 4 is 17.3 Å². The minimum absolute atomic E-state index is 0.0810. The van der Waals surface area contributed by atoms with Crippen molar-refractivity contribution in [1.29, 1.82) is 0 Å². The highest BCUT2D eigenvalue weighted by atomic mass is 35.5. The summed E-state index contributed by atoms with van der Waals surface area (Å²) in [4.78, 5) is 14.2. The Hall–Kier alpha value is -2.34. The monoisotopic (exact) mass is 294 g/mol. The lowest BCUT2D eigenvalue weighted by atomic mass is 10.3. The second-order valence-electron chi connectivity index (χ2n) is 3.83. The van der Waals surface area contributed by atoms with Crippen LogP contribution in [0.5, 0.6) is 11.6 Å². The molecule has 0 aliphatic rings. The summed E-state index contributed by atoms with van der Waals surface area (Å²) in [6.45, 7) is 0.151. The van der Waals surface area contributed by atoms with Crippen molar-refractivity contribution in [3.63, 3.8) is 0 Å². The predicted molar refractivity (Wildman–Crippen MR) is 73.2 cm³/mol. The van der Waals surface area contributed by atoms with Gasteiger partial charge in [0.2, 0.25) is 5.88 Å². The van der Waals surface area contributed by atoms with Gasteiger partial charge in [-0.2, -0.15) is 0 Å². The molecule has 0 unspecified atom stereocenters. The van der Waals surface area contributed by atoms with Gasteiger partial charge in [0, 0.05) is 12.3 Å². The number of ether oxygens (including phenoxy) is 2. The van der Waals surface area contributed by atoms with Crippen molar-refractivity contribution in [3.8, 4) is 11.6 Å². The molecule has 1 aromatic heterocycles. The standard InChI is InChI=1S/C13H11ClN2O4/c1-19-13-9(3-2-6-15-13)8-20-12-7-10(16(17)18)4-5-11(12)14/h2-7H,8H2,1H3. The Morgan fingerprint density at radius 1 is 1.40 bits per heavy atom. The van der Waals surface area contributed by atoms with Crippen LogP contribution in [-0.2, 0) is 6.61 Å². The van der Waals surface area contributed by atoms with E-state index in [9.17, 15) is 10.1 Å². The maximum Gasteiger partial charge on any atom is 0.273 e. The summed E-state index contributed by atoms with van der Waals surface area (Å²) >= 11 is 5.95. The van der Waals surface area contributed by atoms with E-state index in [0.717, 1.165) is 5.56 Å². The molecule has 0 saturated carbocycles. The number of nitro groups is 1. The molecule has 0 amide bonds. The van der Waals surface area contributed by atoms with Crippen LogP contribution in [0, 0.1) is 10.1 Å². The number of methoxy groups -OCH3 is 1. The zero-order valence-electron chi connectivity index (χ0n) is 10.6. The molecule has 0 fully saturated rings. The SMILES string of the molecule is COc1ncccc1COc1cc([N+](=O)[O-])ccc1Cl. The predicted octanol–water partition coefficient (Wildman–Crippen LogP) is 3.23. The number of pyridine rings is 1. The van der Waals surface area contributed by atoms with Gasteiger partial charge in [0.05, 0.1) is 28.7 Å². The van der Waals surface area contributed by atoms with E-state index in [1.54, 1.807) is 18.3 Å². The number of hydrogen-bond donors (Lipinski definition) is 0. The van der Waals surface area contributed by atoms with Crippen LogP contribution in [0.4, 0.5) is 5.69 Å². The molecule has 0 spiro atoms. The smallest absolute Gasteiger partial charge is 0.273 e. The van der Waals surface area contributed by atoms with E-state index in [1.807, 2.05) is 0 Å². The summed E-state index contributed by atoms with van der Waals surface area (Å²) in [6, 6.07) is 7.56. The molecule has 0 aliphatic heterocycles. The van der Waals surface area contributed by atoms with Crippen molar-refractivity contribution in [3.05, 3.63) is 57.2 Å². The van der Waals surface area contributed by atoms with Crippen molar-refractivity contribution in [2.75, 3.05) is 7.11 Å². The zero-order chi connectivity index (χ0) is 14.5. The number of nitrogens with zero attached hydrogens (tertiary/aromatic N) is 2. The molecule has 1 aromatic carbocycles. The third kappa shape index (κ3) is 3.16. The van der Waals surface area contributed by atoms with Crippen molar-refractivity contribution in [2.24, 2.45) is 0 Å². The number of aromatic nitrogens is 1. The molecule has 0 N–H and O–H groups in total. The van der Waals surface area contributed by atoms with Crippen LogP contribution in [0.3, 0.4) is 0 Å². The van der Waals surface area contributed by atoms with Gasteiger partial charge in [-0.25, -0.2) is 4.98 Å². The van der Waals surface area contributed by atoms with Crippen molar-refractivity contribution in [1.82, 2.24) is 4.98 Å². The fourth-order valence-corrected chi connectivity index (χ4v) is 1.76. The van der Waals surface area contributed by atoms with Gasteiger partial charge >= 0.3 is 0 Å². The van der Waals surface area contributed by atoms with Gasteiger partial charge in [-0.05, 0) is 18.2 Å². The lowest BCUT2D eigenvalue weighted by molar-refractivity contribution is -0.384. The fourth-order valence-electron chi connectivity index (χ4n) is 1.59. The summed E-state index contributed by atoms with van der Waals surface area (Å²) in [6.07, 6.45) is 1.60. The second-order valence-corrected chi connectivity index (χ2v) is 4.24. The molecule has 6 nitrogen and oxygen atoms in total. The quantitative estimate of drug-likeness (QED) is 0.625. The first-order chi connectivity index (χ1) is 9.61. The van der Waals surface area contributed by atoms with E-state index in [-0.39, 0.29) is 18.0 Å². The Kier molecular flexibility index (Phi) is 4.37. The largest absolute Gasteiger partial charge is 0.487 e. The fraction of sp³-hybridized carbons (Fsp3) is 0.154. The van der Waals surface area contributed by atoms with E-state index < -0.39 is 4.92 Å². The first-order valence-corrected chi connectivity index (χ1v) is 6.04. The molecule has 0 atom stereocenters. The third-order valence-corrected chi connectivity index (χ3v) is 2.86. The molecule has 0 radical (unpaired) electrons. The van der Waals surface area contributed by atoms with E-state index >= 15 is 0 Å². The Labute approximate surface area is 120 Å². The average Bonchev–Trinajstić information content (AvgIpc) is 2.46. The summed E-state index contributed by atoms with van der Waals surface area (Å²) in [7, 11) is 1.51. The van der Waals surface area contributed by atoms with Gasteiger partial charge in [0.25, 0.3) is 5.69 Å². The van der Waals surface area contributed by atoms with Gasteiger partial charge in [0.15, 0.2) is 0 Å². The topological polar surface area (TPSA) is 74.5 Å². The Bertz CT molecular complexity index is 634. The zero-order valence-corrected chi connectivity index (χ0v) is 11.3. The molecule has 104 valence electrons. The van der Waals surface area contributed by atoms with Crippen LogP contribution in [-0.4, -0.2) is 17.0 Å². The van der Waals surface area contributed by atoms with Crippen LogP contribution < -0.4 is 9.47 Å². The Balaban J connectivity index is 2.18. The number of non-ortho nitro benzene ring substituents is 1. The lowest BCUT2D eigenvalue weighted by Crippen LogP contribution is -2.01. The highest BCUT2D eigenvalue weighted by molar-refractivity contribution is 6.32. The summed E-state index contributed by atoms with van der Waals surface area (Å²) < 4.78 is 10.6. The molecule has 2 rings (SSSR count). The number of rotatable bonds is 5. The van der Waals surface area contributed by atoms with E-state index in [0.29, 0.717) is 10.9 Å². The first kappa shape index (κ1) is 14.1. The summed E-state index contributed by atoms with van der Waals surface area (Å²) in [5.74, 6) is 0.681. The van der Waals surface area contributed by atoms with Crippen molar-refractivity contribution < 1.29 is 14.4 Å². The summed E-state index contributed by atoms with van der Waals surface area (Å²) in [5.41, 5.74) is 0.639. The molecule has 20 heavy (non-hydrogen) atoms. The first-order valence-electron chi connectivity index (χ1n) is 5.66. The number of nitro benzene ring substituents is 1. The Morgan fingerprint density at radius 2 is 2.20 bits per heavy atom. The van der Waals surface area contributed by atoms with Crippen LogP contribution in [0.15, 0.2) is 36.5 Å². The maximum absolute atomic E-state index is 10.7. The minimum Gasteiger partial charge on any atom is -0.487 e. The number of halogens is 1. The van der Waals surface area contributed by atoms with Gasteiger partial charge in [-0.3, -0.25) is 10.1 Å². The van der Waals surface area contributed by atoms with Gasteiger partial charge in [-0.15, -0.1) is 0 Å². The van der Waals surface area contributed by atoms with Crippen LogP contribution in [0.1, 0.15) is 5.56 Å². The molecule has 1 heterocycles. The van der Waals surface area contributed by atoms with Crippen LogP contribution in [0.2, 0.25) is 5.02 Å². The maximum atomic E-state index is 10.7. The normalized spacial score (nSPS) is 10.1. The minimum atomic E-state index is -0.506. The van der Waals surface area contributed by atoms with Crippen LogP contribution in [0.25, 0.3) is 0 Å². The van der Waals surface area contributed by atoms with Gasteiger partial charge < -0.3 is 9.47 Å². The molecular formula is C13H11ClN2O4. The lowest BCUT2D eigenvalue weighted by Gasteiger charge is -2.10. The highest BCUT2D eigenvalue weighted by Gasteiger charge is 2.12. The van der Waals surface area contributed by atoms with Crippen LogP contribution >= 0.6 is 11.6 Å². The molecular weight excluding hydrogens is 284 g/mol. The molecule has 0 saturated heterocycles. The number of hydrogen-bond acceptors (Lipinski definition) is 5. The van der Waals surface area contributed by atoms with Gasteiger partial charge in [0.1, 0.15) is 12.4 Å². The van der Waals surface area contributed by atoms with E-state index in [1.165, 1.54) is 25.3 Å². The third-order valence-electron chi connectivity index (χ3n) is 2.55. The van der Waals surface area contributed by atoms with Crippen molar-refractivity contribution in [2.45, 2.75) is 6.61 Å². The van der Waals surface area contributed by atoms with E-state index in [2.05, 4.69) is 4.98 Å². The van der Waals surface area contributed by atoms with E-state index in [4.69, 9.17) is 21.1 Å². The van der Waals surface area contributed by atoms with Gasteiger partial charge in [-0.1, -0.05) is 11.6 Å².